The predicted octanol–water partition coefficient (Wildman–Crippen LogP) is 3.93. The summed E-state index contributed by atoms with van der Waals surface area (Å²) in [5.41, 5.74) is 7.09. The van der Waals surface area contributed by atoms with Gasteiger partial charge in [-0.25, -0.2) is 0 Å². The van der Waals surface area contributed by atoms with Crippen LogP contribution in [0.25, 0.3) is 0 Å². The first-order valence-corrected chi connectivity index (χ1v) is 7.53. The zero-order valence-corrected chi connectivity index (χ0v) is 13.2. The van der Waals surface area contributed by atoms with E-state index in [1.807, 2.05) is 12.1 Å². The summed E-state index contributed by atoms with van der Waals surface area (Å²) in [7, 11) is 2.18. The molecule has 0 aliphatic heterocycles. The average Bonchev–Trinajstić information content (AvgIpc) is 2.31. The topological polar surface area (TPSA) is 29.3 Å². The summed E-state index contributed by atoms with van der Waals surface area (Å²) in [5, 5.41) is 0.802. The molecule has 0 spiro atoms. The van der Waals surface area contributed by atoms with Crippen LogP contribution in [-0.4, -0.2) is 24.5 Å². The van der Waals surface area contributed by atoms with Crippen molar-refractivity contribution in [3.8, 4) is 0 Å². The lowest BCUT2D eigenvalue weighted by atomic mass is 10.0. The number of rotatable bonds is 8. The van der Waals surface area contributed by atoms with Crippen molar-refractivity contribution in [1.29, 1.82) is 0 Å². The van der Waals surface area contributed by atoms with E-state index < -0.39 is 0 Å². The number of benzene rings is 1. The molecule has 2 unspecified atom stereocenters. The van der Waals surface area contributed by atoms with E-state index in [-0.39, 0.29) is 0 Å². The third-order valence-corrected chi connectivity index (χ3v) is 3.60. The maximum atomic E-state index is 5.89. The third-order valence-electron chi connectivity index (χ3n) is 3.35. The molecule has 2 nitrogen and oxygen atoms in total. The van der Waals surface area contributed by atoms with Crippen molar-refractivity contribution in [3.63, 3.8) is 0 Å². The zero-order valence-electron chi connectivity index (χ0n) is 12.4. The molecule has 2 atom stereocenters. The molecule has 0 fully saturated rings. The van der Waals surface area contributed by atoms with Gasteiger partial charge in [-0.05, 0) is 50.4 Å². The smallest absolute Gasteiger partial charge is 0.0406 e. The van der Waals surface area contributed by atoms with Gasteiger partial charge in [-0.2, -0.15) is 0 Å². The molecule has 0 amide bonds. The summed E-state index contributed by atoms with van der Waals surface area (Å²) in [4.78, 5) is 2.37. The highest BCUT2D eigenvalue weighted by Crippen LogP contribution is 2.14. The molecule has 3 heteroatoms. The van der Waals surface area contributed by atoms with Gasteiger partial charge in [0.1, 0.15) is 0 Å². The van der Waals surface area contributed by atoms with Crippen molar-refractivity contribution in [2.75, 3.05) is 13.6 Å². The minimum absolute atomic E-state index is 0.332. The second-order valence-corrected chi connectivity index (χ2v) is 6.27. The summed E-state index contributed by atoms with van der Waals surface area (Å²) in [6.45, 7) is 6.51. The molecule has 0 saturated carbocycles. The van der Waals surface area contributed by atoms with E-state index in [0.29, 0.717) is 6.04 Å². The van der Waals surface area contributed by atoms with Gasteiger partial charge in [-0.1, -0.05) is 37.1 Å². The summed E-state index contributed by atoms with van der Waals surface area (Å²) < 4.78 is 0. The van der Waals surface area contributed by atoms with E-state index in [9.17, 15) is 0 Å². The minimum Gasteiger partial charge on any atom is -0.328 e. The molecule has 19 heavy (non-hydrogen) atoms. The second kappa shape index (κ2) is 8.57. The van der Waals surface area contributed by atoms with Crippen molar-refractivity contribution in [2.24, 2.45) is 11.7 Å². The summed E-state index contributed by atoms with van der Waals surface area (Å²) in [6.07, 6.45) is 3.62. The Morgan fingerprint density at radius 1 is 1.16 bits per heavy atom. The Morgan fingerprint density at radius 3 is 2.37 bits per heavy atom. The zero-order chi connectivity index (χ0) is 14.3. The molecule has 0 bridgehead atoms. The molecule has 0 heterocycles. The van der Waals surface area contributed by atoms with Gasteiger partial charge in [0.15, 0.2) is 0 Å². The highest BCUT2D eigenvalue weighted by molar-refractivity contribution is 6.30. The summed E-state index contributed by atoms with van der Waals surface area (Å²) in [6, 6.07) is 8.44. The molecular formula is C16H27ClN2. The lowest BCUT2D eigenvalue weighted by Crippen LogP contribution is -2.24. The van der Waals surface area contributed by atoms with Crippen LogP contribution in [0.2, 0.25) is 5.02 Å². The predicted molar refractivity (Wildman–Crippen MR) is 84.5 cm³/mol. The van der Waals surface area contributed by atoms with Crippen LogP contribution in [0, 0.1) is 5.92 Å². The van der Waals surface area contributed by atoms with Crippen molar-refractivity contribution in [1.82, 2.24) is 4.90 Å². The van der Waals surface area contributed by atoms with Crippen LogP contribution in [0.1, 0.15) is 38.7 Å². The molecule has 1 aromatic carbocycles. The molecule has 1 aromatic rings. The van der Waals surface area contributed by atoms with Crippen molar-refractivity contribution >= 4 is 11.6 Å². The Morgan fingerprint density at radius 2 is 1.79 bits per heavy atom. The quantitative estimate of drug-likeness (QED) is 0.783. The molecule has 2 N–H and O–H groups in total. The van der Waals surface area contributed by atoms with E-state index in [0.717, 1.165) is 30.5 Å². The van der Waals surface area contributed by atoms with E-state index in [1.165, 1.54) is 18.4 Å². The van der Waals surface area contributed by atoms with Gasteiger partial charge in [0.05, 0.1) is 0 Å². The molecule has 108 valence electrons. The highest BCUT2D eigenvalue weighted by atomic mass is 35.5. The lowest BCUT2D eigenvalue weighted by molar-refractivity contribution is 0.267. The van der Waals surface area contributed by atoms with Gasteiger partial charge < -0.3 is 10.6 Å². The van der Waals surface area contributed by atoms with Gasteiger partial charge in [0.2, 0.25) is 0 Å². The molecule has 0 aromatic heterocycles. The maximum Gasteiger partial charge on any atom is 0.0406 e. The van der Waals surface area contributed by atoms with E-state index in [2.05, 4.69) is 37.9 Å². The first-order chi connectivity index (χ1) is 8.97. The number of halogens is 1. The van der Waals surface area contributed by atoms with Gasteiger partial charge in [-0.3, -0.25) is 0 Å². The fourth-order valence-electron chi connectivity index (χ4n) is 2.38. The van der Waals surface area contributed by atoms with Crippen LogP contribution >= 0.6 is 11.6 Å². The van der Waals surface area contributed by atoms with Gasteiger partial charge in [-0.15, -0.1) is 0 Å². The van der Waals surface area contributed by atoms with Crippen molar-refractivity contribution in [2.45, 2.75) is 45.7 Å². The first-order valence-electron chi connectivity index (χ1n) is 7.16. The summed E-state index contributed by atoms with van der Waals surface area (Å²) in [5.74, 6) is 0.719. The molecular weight excluding hydrogens is 256 g/mol. The van der Waals surface area contributed by atoms with Gasteiger partial charge >= 0.3 is 0 Å². The normalized spacial score (nSPS) is 14.6. The SMILES string of the molecule is CC(N)CCCC(C)CN(C)Cc1ccc(Cl)cc1. The van der Waals surface area contributed by atoms with E-state index in [4.69, 9.17) is 17.3 Å². The second-order valence-electron chi connectivity index (χ2n) is 5.84. The van der Waals surface area contributed by atoms with Crippen molar-refractivity contribution in [3.05, 3.63) is 34.9 Å². The number of hydrogen-bond acceptors (Lipinski definition) is 2. The number of nitrogens with two attached hydrogens (primary N) is 1. The Labute approximate surface area is 122 Å². The Bertz CT molecular complexity index is 348. The lowest BCUT2D eigenvalue weighted by Gasteiger charge is -2.21. The van der Waals surface area contributed by atoms with Crippen LogP contribution < -0.4 is 5.73 Å². The van der Waals surface area contributed by atoms with Crippen LogP contribution in [-0.2, 0) is 6.54 Å². The molecule has 1 rings (SSSR count). The van der Waals surface area contributed by atoms with Crippen LogP contribution in [0.15, 0.2) is 24.3 Å². The van der Waals surface area contributed by atoms with Gasteiger partial charge in [0.25, 0.3) is 0 Å². The largest absolute Gasteiger partial charge is 0.328 e. The van der Waals surface area contributed by atoms with Crippen LogP contribution in [0.3, 0.4) is 0 Å². The van der Waals surface area contributed by atoms with Crippen LogP contribution in [0.4, 0.5) is 0 Å². The van der Waals surface area contributed by atoms with Crippen molar-refractivity contribution < 1.29 is 0 Å². The number of nitrogens with zero attached hydrogens (tertiary/aromatic N) is 1. The average molecular weight is 283 g/mol. The number of hydrogen-bond donors (Lipinski definition) is 1. The van der Waals surface area contributed by atoms with E-state index >= 15 is 0 Å². The highest BCUT2D eigenvalue weighted by Gasteiger charge is 2.07. The standard InChI is InChI=1S/C16H27ClN2/c1-13(5-4-6-14(2)18)11-19(3)12-15-7-9-16(17)10-8-15/h7-10,13-14H,4-6,11-12,18H2,1-3H3. The molecule has 0 aliphatic rings. The molecule has 0 saturated heterocycles. The van der Waals surface area contributed by atoms with Crippen LogP contribution in [0.5, 0.6) is 0 Å². The monoisotopic (exact) mass is 282 g/mol. The van der Waals surface area contributed by atoms with Gasteiger partial charge in [0, 0.05) is 24.2 Å². The maximum absolute atomic E-state index is 5.89. The Hall–Kier alpha value is -0.570. The fourth-order valence-corrected chi connectivity index (χ4v) is 2.50. The Kier molecular flexibility index (Phi) is 7.44. The molecule has 0 radical (unpaired) electrons. The third kappa shape index (κ3) is 7.56. The minimum atomic E-state index is 0.332. The molecule has 0 aliphatic carbocycles. The summed E-state index contributed by atoms with van der Waals surface area (Å²) >= 11 is 5.89. The first kappa shape index (κ1) is 16.5. The van der Waals surface area contributed by atoms with E-state index in [1.54, 1.807) is 0 Å². The fraction of sp³-hybridized carbons (Fsp3) is 0.625. The Balaban J connectivity index is 2.26.